The Bertz CT molecular complexity index is 402. The second-order valence-electron chi connectivity index (χ2n) is 4.31. The van der Waals surface area contributed by atoms with Crippen molar-refractivity contribution in [1.29, 1.82) is 0 Å². The first-order chi connectivity index (χ1) is 8.20. The molecule has 2 rings (SSSR count). The summed E-state index contributed by atoms with van der Waals surface area (Å²) in [4.78, 5) is 11.5. The van der Waals surface area contributed by atoms with Gasteiger partial charge in [-0.3, -0.25) is 4.79 Å². The van der Waals surface area contributed by atoms with Crippen LogP contribution in [-0.4, -0.2) is 22.6 Å². The summed E-state index contributed by atoms with van der Waals surface area (Å²) in [6, 6.07) is 7.66. The van der Waals surface area contributed by atoms with Crippen molar-refractivity contribution < 1.29 is 9.90 Å². The fourth-order valence-corrected chi connectivity index (χ4v) is 4.08. The zero-order chi connectivity index (χ0) is 12.3. The highest BCUT2D eigenvalue weighted by atomic mass is 79.9. The van der Waals surface area contributed by atoms with Gasteiger partial charge in [-0.1, -0.05) is 34.1 Å². The van der Waals surface area contributed by atoms with Crippen molar-refractivity contribution in [3.05, 3.63) is 34.3 Å². The lowest BCUT2D eigenvalue weighted by Gasteiger charge is -2.28. The van der Waals surface area contributed by atoms with E-state index >= 15 is 0 Å². The molecule has 0 aliphatic carbocycles. The van der Waals surface area contributed by atoms with Crippen molar-refractivity contribution in [3.8, 4) is 0 Å². The molecule has 2 unspecified atom stereocenters. The van der Waals surface area contributed by atoms with E-state index in [1.54, 1.807) is 0 Å². The second kappa shape index (κ2) is 5.91. The van der Waals surface area contributed by atoms with Crippen LogP contribution in [0, 0.1) is 5.92 Å². The van der Waals surface area contributed by atoms with E-state index in [0.717, 1.165) is 28.6 Å². The highest BCUT2D eigenvalue weighted by Gasteiger charge is 2.32. The van der Waals surface area contributed by atoms with Crippen LogP contribution in [0.2, 0.25) is 0 Å². The molecule has 1 aliphatic heterocycles. The number of thioether (sulfide) groups is 1. The molecular weight excluding hydrogens is 300 g/mol. The largest absolute Gasteiger partial charge is 0.481 e. The smallest absolute Gasteiger partial charge is 0.311 e. The van der Waals surface area contributed by atoms with Gasteiger partial charge in [-0.05, 0) is 41.9 Å². The van der Waals surface area contributed by atoms with E-state index in [1.165, 1.54) is 5.75 Å². The minimum Gasteiger partial charge on any atom is -0.481 e. The summed E-state index contributed by atoms with van der Waals surface area (Å²) in [6.07, 6.45) is 2.15. The molecule has 2 atom stereocenters. The third-order valence-corrected chi connectivity index (χ3v) is 5.14. The summed E-state index contributed by atoms with van der Waals surface area (Å²) < 4.78 is 0.906. The summed E-state index contributed by atoms with van der Waals surface area (Å²) in [5.41, 5.74) is 0.910. The van der Waals surface area contributed by atoms with Crippen LogP contribution in [0.15, 0.2) is 28.7 Å². The average molecular weight is 315 g/mol. The van der Waals surface area contributed by atoms with E-state index in [1.807, 2.05) is 36.0 Å². The van der Waals surface area contributed by atoms with Crippen LogP contribution in [0.25, 0.3) is 0 Å². The van der Waals surface area contributed by atoms with Crippen molar-refractivity contribution in [2.75, 3.05) is 11.5 Å². The molecule has 0 radical (unpaired) electrons. The van der Waals surface area contributed by atoms with Crippen molar-refractivity contribution in [2.24, 2.45) is 5.92 Å². The SMILES string of the molecule is O=C(O)C(c1ccccc1Br)C1CCCSC1. The fourth-order valence-electron chi connectivity index (χ4n) is 2.34. The van der Waals surface area contributed by atoms with Gasteiger partial charge < -0.3 is 5.11 Å². The lowest BCUT2D eigenvalue weighted by atomic mass is 9.84. The van der Waals surface area contributed by atoms with Crippen LogP contribution >= 0.6 is 27.7 Å². The molecule has 1 aliphatic rings. The standard InChI is InChI=1S/C13H15BrO2S/c14-11-6-2-1-5-10(11)12(13(15)16)9-4-3-7-17-8-9/h1-2,5-6,9,12H,3-4,7-8H2,(H,15,16). The molecular formula is C13H15BrO2S. The van der Waals surface area contributed by atoms with Crippen molar-refractivity contribution in [3.63, 3.8) is 0 Å². The molecule has 1 heterocycles. The molecule has 1 N–H and O–H groups in total. The first kappa shape index (κ1) is 13.0. The topological polar surface area (TPSA) is 37.3 Å². The van der Waals surface area contributed by atoms with Gasteiger partial charge >= 0.3 is 5.97 Å². The Labute approximate surface area is 114 Å². The van der Waals surface area contributed by atoms with Crippen LogP contribution in [0.1, 0.15) is 24.3 Å². The summed E-state index contributed by atoms with van der Waals surface area (Å²) >= 11 is 5.33. The Hall–Kier alpha value is -0.480. The molecule has 1 aromatic rings. The highest BCUT2D eigenvalue weighted by Crippen LogP contribution is 2.37. The van der Waals surface area contributed by atoms with Crippen molar-refractivity contribution in [1.82, 2.24) is 0 Å². The zero-order valence-corrected chi connectivity index (χ0v) is 11.8. The normalized spacial score (nSPS) is 22.1. The Morgan fingerprint density at radius 2 is 2.24 bits per heavy atom. The van der Waals surface area contributed by atoms with Crippen LogP contribution < -0.4 is 0 Å². The molecule has 0 aromatic heterocycles. The molecule has 4 heteroatoms. The van der Waals surface area contributed by atoms with Gasteiger partial charge in [0.2, 0.25) is 0 Å². The van der Waals surface area contributed by atoms with E-state index in [0.29, 0.717) is 0 Å². The number of benzene rings is 1. The van der Waals surface area contributed by atoms with Gasteiger partial charge in [-0.2, -0.15) is 11.8 Å². The summed E-state index contributed by atoms with van der Waals surface area (Å²) in [5, 5.41) is 9.47. The van der Waals surface area contributed by atoms with E-state index < -0.39 is 5.97 Å². The number of carbonyl (C=O) groups is 1. The third-order valence-electron chi connectivity index (χ3n) is 3.17. The Morgan fingerprint density at radius 1 is 1.47 bits per heavy atom. The first-order valence-electron chi connectivity index (χ1n) is 5.75. The number of rotatable bonds is 3. The van der Waals surface area contributed by atoms with Gasteiger partial charge in [0.15, 0.2) is 0 Å². The zero-order valence-electron chi connectivity index (χ0n) is 9.43. The maximum Gasteiger partial charge on any atom is 0.311 e. The summed E-state index contributed by atoms with van der Waals surface area (Å²) in [5.74, 6) is 1.30. The number of hydrogen-bond donors (Lipinski definition) is 1. The van der Waals surface area contributed by atoms with Crippen LogP contribution in [0.3, 0.4) is 0 Å². The van der Waals surface area contributed by atoms with Crippen LogP contribution in [0.4, 0.5) is 0 Å². The van der Waals surface area contributed by atoms with Crippen molar-refractivity contribution >= 4 is 33.7 Å². The van der Waals surface area contributed by atoms with Gasteiger partial charge in [-0.25, -0.2) is 0 Å². The predicted molar refractivity (Wildman–Crippen MR) is 74.6 cm³/mol. The number of carboxylic acids is 1. The molecule has 17 heavy (non-hydrogen) atoms. The molecule has 1 saturated heterocycles. The summed E-state index contributed by atoms with van der Waals surface area (Å²) in [7, 11) is 0. The van der Waals surface area contributed by atoms with Gasteiger partial charge in [0.25, 0.3) is 0 Å². The molecule has 0 spiro atoms. The molecule has 0 bridgehead atoms. The molecule has 0 saturated carbocycles. The maximum absolute atomic E-state index is 11.5. The lowest BCUT2D eigenvalue weighted by molar-refractivity contribution is -0.140. The minimum absolute atomic E-state index is 0.255. The Kier molecular flexibility index (Phi) is 4.51. The maximum atomic E-state index is 11.5. The molecule has 1 aromatic carbocycles. The Morgan fingerprint density at radius 3 is 2.82 bits per heavy atom. The van der Waals surface area contributed by atoms with Gasteiger partial charge in [0, 0.05) is 4.47 Å². The van der Waals surface area contributed by atoms with Gasteiger partial charge in [0.05, 0.1) is 5.92 Å². The quantitative estimate of drug-likeness (QED) is 0.923. The highest BCUT2D eigenvalue weighted by molar-refractivity contribution is 9.10. The van der Waals surface area contributed by atoms with E-state index in [9.17, 15) is 9.90 Å². The van der Waals surface area contributed by atoms with E-state index in [2.05, 4.69) is 15.9 Å². The van der Waals surface area contributed by atoms with E-state index in [-0.39, 0.29) is 11.8 Å². The van der Waals surface area contributed by atoms with Crippen LogP contribution in [-0.2, 0) is 4.79 Å². The minimum atomic E-state index is -0.704. The number of halogens is 1. The predicted octanol–water partition coefficient (Wildman–Crippen LogP) is 3.76. The summed E-state index contributed by atoms with van der Waals surface area (Å²) in [6.45, 7) is 0. The molecule has 92 valence electrons. The number of hydrogen-bond acceptors (Lipinski definition) is 2. The number of aliphatic carboxylic acids is 1. The molecule has 0 amide bonds. The average Bonchev–Trinajstić information content (AvgIpc) is 2.33. The number of carboxylic acid groups (broad SMARTS) is 1. The first-order valence-corrected chi connectivity index (χ1v) is 7.70. The van der Waals surface area contributed by atoms with E-state index in [4.69, 9.17) is 0 Å². The monoisotopic (exact) mass is 314 g/mol. The van der Waals surface area contributed by atoms with Gasteiger partial charge in [-0.15, -0.1) is 0 Å². The lowest BCUT2D eigenvalue weighted by Crippen LogP contribution is -2.26. The van der Waals surface area contributed by atoms with Crippen LogP contribution in [0.5, 0.6) is 0 Å². The fraction of sp³-hybridized carbons (Fsp3) is 0.462. The molecule has 2 nitrogen and oxygen atoms in total. The van der Waals surface area contributed by atoms with Crippen molar-refractivity contribution in [2.45, 2.75) is 18.8 Å². The molecule has 1 fully saturated rings. The Balaban J connectivity index is 2.28. The van der Waals surface area contributed by atoms with Gasteiger partial charge in [0.1, 0.15) is 0 Å². The third kappa shape index (κ3) is 3.05. The second-order valence-corrected chi connectivity index (χ2v) is 6.32.